The number of sulfonamides is 1. The first-order valence-electron chi connectivity index (χ1n) is 9.33. The molecule has 152 valence electrons. The molecule has 0 N–H and O–H groups in total. The lowest BCUT2D eigenvalue weighted by Gasteiger charge is -2.31. The summed E-state index contributed by atoms with van der Waals surface area (Å²) in [5, 5.41) is 0. The van der Waals surface area contributed by atoms with Crippen LogP contribution in [0.1, 0.15) is 18.4 Å². The van der Waals surface area contributed by atoms with E-state index < -0.39 is 10.0 Å². The largest absolute Gasteiger partial charge is 0.497 e. The van der Waals surface area contributed by atoms with Crippen molar-refractivity contribution in [1.82, 2.24) is 4.31 Å². The highest BCUT2D eigenvalue weighted by molar-refractivity contribution is 7.89. The third-order valence-electron chi connectivity index (χ3n) is 5.25. The fourth-order valence-electron chi connectivity index (χ4n) is 3.57. The first-order valence-corrected chi connectivity index (χ1v) is 10.8. The molecular formula is C21H27NO5S. The van der Waals surface area contributed by atoms with Crippen LogP contribution in [0.25, 0.3) is 0 Å². The van der Waals surface area contributed by atoms with Crippen LogP contribution in [-0.2, 0) is 16.4 Å². The number of methoxy groups -OCH3 is 3. The maximum absolute atomic E-state index is 13.0. The van der Waals surface area contributed by atoms with Crippen LogP contribution in [0, 0.1) is 5.92 Å². The maximum Gasteiger partial charge on any atom is 0.243 e. The number of piperidine rings is 1. The minimum absolute atomic E-state index is 0.235. The van der Waals surface area contributed by atoms with Crippen molar-refractivity contribution in [3.05, 3.63) is 48.0 Å². The van der Waals surface area contributed by atoms with E-state index >= 15 is 0 Å². The summed E-state index contributed by atoms with van der Waals surface area (Å²) in [7, 11) is 1.14. The molecule has 1 aliphatic heterocycles. The van der Waals surface area contributed by atoms with Gasteiger partial charge in [0.2, 0.25) is 10.0 Å². The number of ether oxygens (including phenoxy) is 3. The van der Waals surface area contributed by atoms with E-state index in [2.05, 4.69) is 12.1 Å². The Morgan fingerprint density at radius 3 is 2.11 bits per heavy atom. The maximum atomic E-state index is 13.0. The fraction of sp³-hybridized carbons (Fsp3) is 0.429. The summed E-state index contributed by atoms with van der Waals surface area (Å²) in [6.45, 7) is 1.05. The van der Waals surface area contributed by atoms with E-state index in [0.29, 0.717) is 30.5 Å². The Hall–Kier alpha value is -2.25. The van der Waals surface area contributed by atoms with Crippen molar-refractivity contribution in [1.29, 1.82) is 0 Å². The van der Waals surface area contributed by atoms with Gasteiger partial charge < -0.3 is 14.2 Å². The number of nitrogens with zero attached hydrogens (tertiary/aromatic N) is 1. The van der Waals surface area contributed by atoms with E-state index in [4.69, 9.17) is 14.2 Å². The standard InChI is InChI=1S/C21H27NO5S/c1-25-18-6-4-16(5-7-18)14-17-10-12-22(13-11-17)28(23,24)19-8-9-20(26-2)21(15-19)27-3/h4-9,15,17H,10-14H2,1-3H3. The van der Waals surface area contributed by atoms with Crippen molar-refractivity contribution < 1.29 is 22.6 Å². The molecule has 2 aromatic rings. The van der Waals surface area contributed by atoms with Crippen molar-refractivity contribution in [2.75, 3.05) is 34.4 Å². The van der Waals surface area contributed by atoms with Gasteiger partial charge in [-0.3, -0.25) is 0 Å². The van der Waals surface area contributed by atoms with Crippen LogP contribution in [0.5, 0.6) is 17.2 Å². The Bertz CT molecular complexity index is 888. The highest BCUT2D eigenvalue weighted by Gasteiger charge is 2.30. The summed E-state index contributed by atoms with van der Waals surface area (Å²) in [6, 6.07) is 12.8. The van der Waals surface area contributed by atoms with Gasteiger partial charge in [0.05, 0.1) is 26.2 Å². The smallest absolute Gasteiger partial charge is 0.243 e. The van der Waals surface area contributed by atoms with Gasteiger partial charge in [0.1, 0.15) is 5.75 Å². The van der Waals surface area contributed by atoms with E-state index in [1.165, 1.54) is 25.8 Å². The molecule has 1 aliphatic rings. The Morgan fingerprint density at radius 2 is 1.54 bits per heavy atom. The molecular weight excluding hydrogens is 378 g/mol. The number of rotatable bonds is 7. The second-order valence-corrected chi connectivity index (χ2v) is 8.85. The first kappa shape index (κ1) is 20.5. The normalized spacial score (nSPS) is 16.0. The monoisotopic (exact) mass is 405 g/mol. The van der Waals surface area contributed by atoms with Gasteiger partial charge >= 0.3 is 0 Å². The Balaban J connectivity index is 1.64. The van der Waals surface area contributed by atoms with Crippen LogP contribution in [0.2, 0.25) is 0 Å². The molecule has 0 aromatic heterocycles. The molecule has 0 saturated carbocycles. The highest BCUT2D eigenvalue weighted by Crippen LogP contribution is 2.32. The van der Waals surface area contributed by atoms with Gasteiger partial charge in [0, 0.05) is 19.2 Å². The Kier molecular flexibility index (Phi) is 6.46. The molecule has 0 aliphatic carbocycles. The van der Waals surface area contributed by atoms with Crippen LogP contribution in [0.4, 0.5) is 0 Å². The summed E-state index contributed by atoms with van der Waals surface area (Å²) < 4.78 is 43.2. The van der Waals surface area contributed by atoms with Crippen molar-refractivity contribution >= 4 is 10.0 Å². The van der Waals surface area contributed by atoms with Crippen LogP contribution in [-0.4, -0.2) is 47.1 Å². The number of hydrogen-bond donors (Lipinski definition) is 0. The summed E-state index contributed by atoms with van der Waals surface area (Å²) in [5.74, 6) is 2.25. The molecule has 0 unspecified atom stereocenters. The van der Waals surface area contributed by atoms with Crippen molar-refractivity contribution in [2.24, 2.45) is 5.92 Å². The molecule has 1 heterocycles. The fourth-order valence-corrected chi connectivity index (χ4v) is 5.06. The van der Waals surface area contributed by atoms with E-state index in [-0.39, 0.29) is 4.90 Å². The van der Waals surface area contributed by atoms with Crippen LogP contribution >= 0.6 is 0 Å². The Morgan fingerprint density at radius 1 is 0.893 bits per heavy atom. The number of benzene rings is 2. The lowest BCUT2D eigenvalue weighted by molar-refractivity contribution is 0.272. The van der Waals surface area contributed by atoms with Crippen molar-refractivity contribution in [3.63, 3.8) is 0 Å². The molecule has 0 atom stereocenters. The molecule has 6 nitrogen and oxygen atoms in total. The third kappa shape index (κ3) is 4.42. The quantitative estimate of drug-likeness (QED) is 0.707. The van der Waals surface area contributed by atoms with Crippen LogP contribution in [0.15, 0.2) is 47.4 Å². The molecule has 28 heavy (non-hydrogen) atoms. The van der Waals surface area contributed by atoms with Crippen molar-refractivity contribution in [2.45, 2.75) is 24.2 Å². The molecule has 0 bridgehead atoms. The second-order valence-electron chi connectivity index (χ2n) is 6.92. The van der Waals surface area contributed by atoms with Crippen LogP contribution in [0.3, 0.4) is 0 Å². The molecule has 7 heteroatoms. The third-order valence-corrected chi connectivity index (χ3v) is 7.14. The SMILES string of the molecule is COc1ccc(CC2CCN(S(=O)(=O)c3ccc(OC)c(OC)c3)CC2)cc1. The second kappa shape index (κ2) is 8.84. The van der Waals surface area contributed by atoms with Gasteiger partial charge in [-0.15, -0.1) is 0 Å². The van der Waals surface area contributed by atoms with Gasteiger partial charge in [-0.05, 0) is 55.0 Å². The predicted molar refractivity (Wildman–Crippen MR) is 108 cm³/mol. The summed E-state index contributed by atoms with van der Waals surface area (Å²) in [5.41, 5.74) is 1.25. The zero-order valence-electron chi connectivity index (χ0n) is 16.6. The van der Waals surface area contributed by atoms with Crippen molar-refractivity contribution in [3.8, 4) is 17.2 Å². The van der Waals surface area contributed by atoms with Gasteiger partial charge in [0.15, 0.2) is 11.5 Å². The van der Waals surface area contributed by atoms with E-state index in [0.717, 1.165) is 25.0 Å². The molecule has 2 aromatic carbocycles. The molecule has 0 spiro atoms. The molecule has 3 rings (SSSR count). The average Bonchev–Trinajstić information content (AvgIpc) is 2.74. The van der Waals surface area contributed by atoms with E-state index in [9.17, 15) is 8.42 Å². The minimum Gasteiger partial charge on any atom is -0.497 e. The lowest BCUT2D eigenvalue weighted by atomic mass is 9.91. The van der Waals surface area contributed by atoms with Gasteiger partial charge in [-0.2, -0.15) is 4.31 Å². The van der Waals surface area contributed by atoms with Gasteiger partial charge in [-0.25, -0.2) is 8.42 Å². The lowest BCUT2D eigenvalue weighted by Crippen LogP contribution is -2.38. The zero-order valence-corrected chi connectivity index (χ0v) is 17.4. The highest BCUT2D eigenvalue weighted by atomic mass is 32.2. The average molecular weight is 406 g/mol. The van der Waals surface area contributed by atoms with Gasteiger partial charge in [-0.1, -0.05) is 12.1 Å². The Labute approximate surface area is 167 Å². The molecule has 1 fully saturated rings. The first-order chi connectivity index (χ1) is 13.5. The molecule has 1 saturated heterocycles. The minimum atomic E-state index is -3.54. The number of hydrogen-bond acceptors (Lipinski definition) is 5. The van der Waals surface area contributed by atoms with Crippen LogP contribution < -0.4 is 14.2 Å². The summed E-state index contributed by atoms with van der Waals surface area (Å²) in [6.07, 6.45) is 2.64. The van der Waals surface area contributed by atoms with Gasteiger partial charge in [0.25, 0.3) is 0 Å². The molecule has 0 amide bonds. The summed E-state index contributed by atoms with van der Waals surface area (Å²) in [4.78, 5) is 0.235. The predicted octanol–water partition coefficient (Wildman–Crippen LogP) is 3.36. The van der Waals surface area contributed by atoms with E-state index in [1.807, 2.05) is 12.1 Å². The topological polar surface area (TPSA) is 65.1 Å². The summed E-state index contributed by atoms with van der Waals surface area (Å²) >= 11 is 0. The van der Waals surface area contributed by atoms with E-state index in [1.54, 1.807) is 23.5 Å². The molecule has 0 radical (unpaired) electrons. The zero-order chi connectivity index (χ0) is 20.1.